The molecule has 0 spiro atoms. The van der Waals surface area contributed by atoms with Crippen molar-refractivity contribution in [3.8, 4) is 23.0 Å². The summed E-state index contributed by atoms with van der Waals surface area (Å²) in [6.07, 6.45) is 4.46. The molecule has 2 heterocycles. The normalized spacial score (nSPS) is 10.5. The van der Waals surface area contributed by atoms with Crippen molar-refractivity contribution in [1.29, 1.82) is 0 Å². The smallest absolute Gasteiger partial charge is 0.257 e. The lowest BCUT2D eigenvalue weighted by Gasteiger charge is -2.08. The Labute approximate surface area is 169 Å². The largest absolute Gasteiger partial charge is 0.444 e. The van der Waals surface area contributed by atoms with E-state index in [2.05, 4.69) is 31.2 Å². The summed E-state index contributed by atoms with van der Waals surface area (Å²) in [5, 5.41) is 2.85. The van der Waals surface area contributed by atoms with Crippen molar-refractivity contribution in [3.05, 3.63) is 89.5 Å². The first kappa shape index (κ1) is 17.9. The van der Waals surface area contributed by atoms with Crippen molar-refractivity contribution >= 4 is 27.5 Å². The van der Waals surface area contributed by atoms with Crippen LogP contribution in [-0.4, -0.2) is 15.9 Å². The van der Waals surface area contributed by atoms with Gasteiger partial charge in [0, 0.05) is 28.0 Å². The van der Waals surface area contributed by atoms with Crippen LogP contribution in [0.2, 0.25) is 0 Å². The number of nitrogens with zero attached hydrogens (tertiary/aromatic N) is 2. The third-order valence-electron chi connectivity index (χ3n) is 3.87. The Hall–Kier alpha value is -3.45. The van der Waals surface area contributed by atoms with Gasteiger partial charge < -0.3 is 14.5 Å². The lowest BCUT2D eigenvalue weighted by molar-refractivity contribution is 0.102. The van der Waals surface area contributed by atoms with Gasteiger partial charge in [-0.05, 0) is 42.5 Å². The van der Waals surface area contributed by atoms with Crippen LogP contribution in [0.4, 0.5) is 5.69 Å². The van der Waals surface area contributed by atoms with Crippen LogP contribution in [0.25, 0.3) is 11.3 Å². The molecule has 4 rings (SSSR count). The summed E-state index contributed by atoms with van der Waals surface area (Å²) in [5.41, 5.74) is 1.90. The molecule has 6 nitrogen and oxygen atoms in total. The van der Waals surface area contributed by atoms with Crippen LogP contribution < -0.4 is 10.1 Å². The topological polar surface area (TPSA) is 77.2 Å². The van der Waals surface area contributed by atoms with Gasteiger partial charge in [0.05, 0.1) is 11.8 Å². The standard InChI is InChI=1S/C21H14BrN3O3/c22-16-5-7-18(8-6-16)28-20-9-4-15(11-24-20)21(26)25-17-3-1-2-14(10-17)19-12-23-13-27-19/h1-13H,(H,25,26). The first-order valence-electron chi connectivity index (χ1n) is 8.37. The molecule has 0 aliphatic heterocycles. The number of oxazole rings is 1. The highest BCUT2D eigenvalue weighted by molar-refractivity contribution is 9.10. The van der Waals surface area contributed by atoms with Gasteiger partial charge in [0.25, 0.3) is 5.91 Å². The Balaban J connectivity index is 1.44. The number of benzene rings is 2. The summed E-state index contributed by atoms with van der Waals surface area (Å²) in [5.74, 6) is 1.44. The van der Waals surface area contributed by atoms with Crippen molar-refractivity contribution in [2.75, 3.05) is 5.32 Å². The van der Waals surface area contributed by atoms with E-state index in [0.29, 0.717) is 28.6 Å². The van der Waals surface area contributed by atoms with Crippen molar-refractivity contribution < 1.29 is 13.9 Å². The van der Waals surface area contributed by atoms with Gasteiger partial charge >= 0.3 is 0 Å². The van der Waals surface area contributed by atoms with Gasteiger partial charge in [-0.1, -0.05) is 28.1 Å². The third-order valence-corrected chi connectivity index (χ3v) is 4.40. The molecule has 1 amide bonds. The van der Waals surface area contributed by atoms with Crippen LogP contribution in [0, 0.1) is 0 Å². The predicted octanol–water partition coefficient (Wildman–Crippen LogP) is 5.54. The molecule has 2 aromatic carbocycles. The van der Waals surface area contributed by atoms with Gasteiger partial charge in [-0.3, -0.25) is 4.79 Å². The van der Waals surface area contributed by atoms with Gasteiger partial charge in [-0.25, -0.2) is 9.97 Å². The molecule has 2 aromatic heterocycles. The zero-order valence-electron chi connectivity index (χ0n) is 14.5. The van der Waals surface area contributed by atoms with E-state index in [-0.39, 0.29) is 5.91 Å². The summed E-state index contributed by atoms with van der Waals surface area (Å²) in [6.45, 7) is 0. The van der Waals surface area contributed by atoms with Crippen LogP contribution >= 0.6 is 15.9 Å². The zero-order valence-corrected chi connectivity index (χ0v) is 16.1. The van der Waals surface area contributed by atoms with E-state index in [1.807, 2.05) is 42.5 Å². The molecule has 0 unspecified atom stereocenters. The second kappa shape index (κ2) is 8.06. The van der Waals surface area contributed by atoms with E-state index in [0.717, 1.165) is 10.0 Å². The summed E-state index contributed by atoms with van der Waals surface area (Å²) in [6, 6.07) is 18.1. The zero-order chi connectivity index (χ0) is 19.3. The average molecular weight is 436 g/mol. The molecular weight excluding hydrogens is 422 g/mol. The molecule has 0 radical (unpaired) electrons. The first-order valence-corrected chi connectivity index (χ1v) is 9.16. The molecule has 0 aliphatic rings. The van der Waals surface area contributed by atoms with E-state index in [9.17, 15) is 4.79 Å². The maximum absolute atomic E-state index is 12.5. The molecule has 1 N–H and O–H groups in total. The van der Waals surface area contributed by atoms with Gasteiger partial charge in [0.1, 0.15) is 5.75 Å². The molecule has 0 atom stereocenters. The second-order valence-corrected chi connectivity index (χ2v) is 6.76. The quantitative estimate of drug-likeness (QED) is 0.444. The molecule has 28 heavy (non-hydrogen) atoms. The number of carbonyl (C=O) groups is 1. The second-order valence-electron chi connectivity index (χ2n) is 5.84. The molecule has 0 aliphatic carbocycles. The molecule has 138 valence electrons. The number of anilines is 1. The molecule has 0 saturated carbocycles. The average Bonchev–Trinajstić information content (AvgIpc) is 3.25. The van der Waals surface area contributed by atoms with E-state index < -0.39 is 0 Å². The molecule has 7 heteroatoms. The van der Waals surface area contributed by atoms with Crippen LogP contribution in [0.3, 0.4) is 0 Å². The highest BCUT2D eigenvalue weighted by Gasteiger charge is 2.09. The molecular formula is C21H14BrN3O3. The minimum Gasteiger partial charge on any atom is -0.444 e. The molecule has 4 aromatic rings. The minimum atomic E-state index is -0.266. The van der Waals surface area contributed by atoms with Crippen LogP contribution in [0.5, 0.6) is 11.6 Å². The van der Waals surface area contributed by atoms with E-state index >= 15 is 0 Å². The van der Waals surface area contributed by atoms with Gasteiger partial charge in [0.15, 0.2) is 12.2 Å². The molecule has 0 fully saturated rings. The molecule has 0 saturated heterocycles. The van der Waals surface area contributed by atoms with E-state index in [4.69, 9.17) is 9.15 Å². The predicted molar refractivity (Wildman–Crippen MR) is 108 cm³/mol. The van der Waals surface area contributed by atoms with Crippen LogP contribution in [-0.2, 0) is 0 Å². The fourth-order valence-corrected chi connectivity index (χ4v) is 2.77. The Morgan fingerprint density at radius 1 is 1.04 bits per heavy atom. The summed E-state index contributed by atoms with van der Waals surface area (Å²) in [4.78, 5) is 20.6. The van der Waals surface area contributed by atoms with Crippen molar-refractivity contribution in [3.63, 3.8) is 0 Å². The summed E-state index contributed by atoms with van der Waals surface area (Å²) < 4.78 is 11.9. The fourth-order valence-electron chi connectivity index (χ4n) is 2.51. The Kier molecular flexibility index (Phi) is 5.16. The summed E-state index contributed by atoms with van der Waals surface area (Å²) in [7, 11) is 0. The maximum atomic E-state index is 12.5. The third kappa shape index (κ3) is 4.27. The number of ether oxygens (including phenoxy) is 1. The highest BCUT2D eigenvalue weighted by atomic mass is 79.9. The number of rotatable bonds is 5. The number of hydrogen-bond donors (Lipinski definition) is 1. The van der Waals surface area contributed by atoms with E-state index in [1.165, 1.54) is 12.6 Å². The monoisotopic (exact) mass is 435 g/mol. The fraction of sp³-hybridized carbons (Fsp3) is 0. The number of hydrogen-bond acceptors (Lipinski definition) is 5. The van der Waals surface area contributed by atoms with Crippen molar-refractivity contribution in [2.24, 2.45) is 0 Å². The van der Waals surface area contributed by atoms with Crippen LogP contribution in [0.1, 0.15) is 10.4 Å². The lowest BCUT2D eigenvalue weighted by Crippen LogP contribution is -2.12. The number of aromatic nitrogens is 2. The first-order chi connectivity index (χ1) is 13.7. The number of carbonyl (C=O) groups excluding carboxylic acids is 1. The minimum absolute atomic E-state index is 0.266. The summed E-state index contributed by atoms with van der Waals surface area (Å²) >= 11 is 3.38. The number of pyridine rings is 1. The van der Waals surface area contributed by atoms with Crippen LogP contribution in [0.15, 0.2) is 88.3 Å². The van der Waals surface area contributed by atoms with Crippen molar-refractivity contribution in [2.45, 2.75) is 0 Å². The van der Waals surface area contributed by atoms with Crippen molar-refractivity contribution in [1.82, 2.24) is 9.97 Å². The number of nitrogens with one attached hydrogen (secondary N) is 1. The van der Waals surface area contributed by atoms with E-state index in [1.54, 1.807) is 24.4 Å². The van der Waals surface area contributed by atoms with Gasteiger partial charge in [-0.2, -0.15) is 0 Å². The number of amides is 1. The maximum Gasteiger partial charge on any atom is 0.257 e. The Bertz CT molecular complexity index is 1080. The van der Waals surface area contributed by atoms with Gasteiger partial charge in [-0.15, -0.1) is 0 Å². The molecule has 0 bridgehead atoms. The number of halogens is 1. The lowest BCUT2D eigenvalue weighted by atomic mass is 10.1. The SMILES string of the molecule is O=C(Nc1cccc(-c2cnco2)c1)c1ccc(Oc2ccc(Br)cc2)nc1. The highest BCUT2D eigenvalue weighted by Crippen LogP contribution is 2.24. The Morgan fingerprint density at radius 3 is 2.61 bits per heavy atom. The van der Waals surface area contributed by atoms with Gasteiger partial charge in [0.2, 0.25) is 5.88 Å². The Morgan fingerprint density at radius 2 is 1.89 bits per heavy atom.